The van der Waals surface area contributed by atoms with Crippen LogP contribution in [-0.4, -0.2) is 52.5 Å². The Morgan fingerprint density at radius 3 is 2.59 bits per heavy atom. The quantitative estimate of drug-likeness (QED) is 0.541. The molecule has 0 unspecified atom stereocenters. The molecule has 0 spiro atoms. The fraction of sp³-hybridized carbons (Fsp3) is 0.467. The molecule has 7 heteroatoms. The number of hydrogen-bond acceptors (Lipinski definition) is 6. The van der Waals surface area contributed by atoms with Crippen molar-refractivity contribution in [1.29, 1.82) is 0 Å². The Labute approximate surface area is 129 Å². The topological polar surface area (TPSA) is 83.1 Å². The van der Waals surface area contributed by atoms with Crippen molar-refractivity contribution in [3.63, 3.8) is 0 Å². The monoisotopic (exact) mass is 311 g/mol. The maximum absolute atomic E-state index is 11.9. The zero-order valence-electron chi connectivity index (χ0n) is 13.0. The molecule has 0 bridgehead atoms. The minimum absolute atomic E-state index is 0.286. The van der Waals surface area contributed by atoms with E-state index in [-0.39, 0.29) is 18.1 Å². The summed E-state index contributed by atoms with van der Waals surface area (Å²) in [5.74, 6) is -0.0193. The number of nitrogens with one attached hydrogen (secondary N) is 1. The van der Waals surface area contributed by atoms with Gasteiger partial charge in [-0.2, -0.15) is 0 Å². The van der Waals surface area contributed by atoms with Crippen LogP contribution < -0.4 is 14.8 Å². The Morgan fingerprint density at radius 2 is 1.95 bits per heavy atom. The molecule has 1 N–H and O–H groups in total. The van der Waals surface area contributed by atoms with E-state index < -0.39 is 5.97 Å². The molecule has 122 valence electrons. The normalized spacial score (nSPS) is 9.95. The highest BCUT2D eigenvalue weighted by molar-refractivity contribution is 5.92. The van der Waals surface area contributed by atoms with Crippen LogP contribution in [0, 0.1) is 0 Å². The van der Waals surface area contributed by atoms with Gasteiger partial charge in [0.1, 0.15) is 0 Å². The molecule has 0 fully saturated rings. The van der Waals surface area contributed by atoms with Crippen LogP contribution in [-0.2, 0) is 14.3 Å². The number of hydrogen-bond donors (Lipinski definition) is 1. The fourth-order valence-electron chi connectivity index (χ4n) is 1.63. The predicted octanol–water partition coefficient (Wildman–Crippen LogP) is 1.01. The van der Waals surface area contributed by atoms with E-state index in [1.165, 1.54) is 20.3 Å². The smallest absolute Gasteiger partial charge is 0.338 e. The highest BCUT2D eigenvalue weighted by Gasteiger charge is 2.13. The zero-order valence-corrected chi connectivity index (χ0v) is 13.0. The second-order valence-electron chi connectivity index (χ2n) is 4.22. The molecule has 0 radical (unpaired) electrons. The lowest BCUT2D eigenvalue weighted by molar-refractivity contribution is -0.124. The summed E-state index contributed by atoms with van der Waals surface area (Å²) in [7, 11) is 3.05. The van der Waals surface area contributed by atoms with Crippen LogP contribution in [0.1, 0.15) is 17.3 Å². The van der Waals surface area contributed by atoms with E-state index in [4.69, 9.17) is 18.9 Å². The minimum atomic E-state index is -0.606. The van der Waals surface area contributed by atoms with Gasteiger partial charge in [0.25, 0.3) is 5.91 Å². The minimum Gasteiger partial charge on any atom is -0.493 e. The Balaban J connectivity index is 2.58. The number of amides is 1. The van der Waals surface area contributed by atoms with Crippen molar-refractivity contribution in [1.82, 2.24) is 5.32 Å². The number of carbonyl (C=O) groups excluding carboxylic acids is 2. The lowest BCUT2D eigenvalue weighted by atomic mass is 10.2. The van der Waals surface area contributed by atoms with Gasteiger partial charge in [-0.05, 0) is 25.1 Å². The highest BCUT2D eigenvalue weighted by atomic mass is 16.5. The van der Waals surface area contributed by atoms with Crippen molar-refractivity contribution in [3.05, 3.63) is 23.8 Å². The first kappa shape index (κ1) is 17.8. The molecule has 7 nitrogen and oxygen atoms in total. The van der Waals surface area contributed by atoms with Gasteiger partial charge in [-0.25, -0.2) is 4.79 Å². The number of carbonyl (C=O) groups is 2. The second-order valence-corrected chi connectivity index (χ2v) is 4.22. The van der Waals surface area contributed by atoms with E-state index in [2.05, 4.69) is 5.32 Å². The molecule has 0 atom stereocenters. The van der Waals surface area contributed by atoms with Gasteiger partial charge in [0, 0.05) is 13.7 Å². The van der Waals surface area contributed by atoms with Crippen LogP contribution in [0.4, 0.5) is 0 Å². The molecular weight excluding hydrogens is 290 g/mol. The molecule has 0 saturated carbocycles. The maximum atomic E-state index is 11.9. The summed E-state index contributed by atoms with van der Waals surface area (Å²) in [5, 5.41) is 2.55. The summed E-state index contributed by atoms with van der Waals surface area (Å²) < 4.78 is 20.3. The third-order valence-electron chi connectivity index (χ3n) is 2.66. The van der Waals surface area contributed by atoms with Gasteiger partial charge in [0.2, 0.25) is 0 Å². The first-order valence-corrected chi connectivity index (χ1v) is 6.86. The van der Waals surface area contributed by atoms with E-state index in [0.29, 0.717) is 31.3 Å². The van der Waals surface area contributed by atoms with Gasteiger partial charge in [-0.1, -0.05) is 0 Å². The SMILES string of the molecule is CCOc1cc(C(=O)OCC(=O)NCCOC)ccc1OC. The third-order valence-corrected chi connectivity index (χ3v) is 2.66. The Hall–Kier alpha value is -2.28. The van der Waals surface area contributed by atoms with E-state index in [1.807, 2.05) is 6.92 Å². The van der Waals surface area contributed by atoms with Gasteiger partial charge in [0.05, 0.1) is 25.9 Å². The molecule has 0 aromatic heterocycles. The summed E-state index contributed by atoms with van der Waals surface area (Å²) >= 11 is 0. The van der Waals surface area contributed by atoms with Crippen molar-refractivity contribution < 1.29 is 28.5 Å². The molecule has 0 heterocycles. The van der Waals surface area contributed by atoms with Gasteiger partial charge < -0.3 is 24.3 Å². The molecule has 1 aromatic carbocycles. The molecule has 1 aromatic rings. The third kappa shape index (κ3) is 5.61. The molecule has 22 heavy (non-hydrogen) atoms. The Morgan fingerprint density at radius 1 is 1.18 bits per heavy atom. The van der Waals surface area contributed by atoms with E-state index in [0.717, 1.165) is 0 Å². The predicted molar refractivity (Wildman–Crippen MR) is 79.3 cm³/mol. The standard InChI is InChI=1S/C15H21NO6/c1-4-21-13-9-11(5-6-12(13)20-3)15(18)22-10-14(17)16-7-8-19-2/h5-6,9H,4,7-8,10H2,1-3H3,(H,16,17). The van der Waals surface area contributed by atoms with E-state index in [9.17, 15) is 9.59 Å². The maximum Gasteiger partial charge on any atom is 0.338 e. The van der Waals surface area contributed by atoms with E-state index in [1.54, 1.807) is 12.1 Å². The molecular formula is C15H21NO6. The first-order valence-electron chi connectivity index (χ1n) is 6.86. The van der Waals surface area contributed by atoms with Crippen LogP contribution in [0.25, 0.3) is 0 Å². The lowest BCUT2D eigenvalue weighted by Crippen LogP contribution is -2.31. The van der Waals surface area contributed by atoms with Crippen molar-refractivity contribution >= 4 is 11.9 Å². The average Bonchev–Trinajstić information content (AvgIpc) is 2.53. The number of esters is 1. The number of benzene rings is 1. The number of rotatable bonds is 9. The zero-order chi connectivity index (χ0) is 16.4. The summed E-state index contributed by atoms with van der Waals surface area (Å²) in [6.45, 7) is 2.68. The van der Waals surface area contributed by atoms with Crippen LogP contribution in [0.15, 0.2) is 18.2 Å². The van der Waals surface area contributed by atoms with Crippen molar-refractivity contribution in [2.24, 2.45) is 0 Å². The highest BCUT2D eigenvalue weighted by Crippen LogP contribution is 2.28. The van der Waals surface area contributed by atoms with Crippen molar-refractivity contribution in [2.75, 3.05) is 40.6 Å². The summed E-state index contributed by atoms with van der Waals surface area (Å²) in [6.07, 6.45) is 0. The molecule has 0 aliphatic rings. The molecule has 1 amide bonds. The molecule has 0 aliphatic heterocycles. The summed E-state index contributed by atoms with van der Waals surface area (Å²) in [5.41, 5.74) is 0.286. The largest absolute Gasteiger partial charge is 0.493 e. The van der Waals surface area contributed by atoms with Gasteiger partial charge in [-0.15, -0.1) is 0 Å². The van der Waals surface area contributed by atoms with Crippen molar-refractivity contribution in [3.8, 4) is 11.5 Å². The van der Waals surface area contributed by atoms with Gasteiger partial charge in [0.15, 0.2) is 18.1 Å². The average molecular weight is 311 g/mol. The summed E-state index contributed by atoms with van der Waals surface area (Å²) in [6, 6.07) is 4.68. The number of ether oxygens (including phenoxy) is 4. The Kier molecular flexibility index (Phi) is 7.77. The van der Waals surface area contributed by atoms with E-state index >= 15 is 0 Å². The van der Waals surface area contributed by atoms with Crippen LogP contribution in [0.5, 0.6) is 11.5 Å². The molecule has 1 rings (SSSR count). The Bertz CT molecular complexity index is 503. The van der Waals surface area contributed by atoms with Crippen LogP contribution >= 0.6 is 0 Å². The number of methoxy groups -OCH3 is 2. The first-order chi connectivity index (χ1) is 10.6. The van der Waals surface area contributed by atoms with Gasteiger partial charge in [-0.3, -0.25) is 4.79 Å². The van der Waals surface area contributed by atoms with Crippen molar-refractivity contribution in [2.45, 2.75) is 6.92 Å². The molecule has 0 aliphatic carbocycles. The van der Waals surface area contributed by atoms with Crippen LogP contribution in [0.3, 0.4) is 0 Å². The summed E-state index contributed by atoms with van der Waals surface area (Å²) in [4.78, 5) is 23.3. The van der Waals surface area contributed by atoms with Gasteiger partial charge >= 0.3 is 5.97 Å². The van der Waals surface area contributed by atoms with Crippen LogP contribution in [0.2, 0.25) is 0 Å². The second kappa shape index (κ2) is 9.62. The fourth-order valence-corrected chi connectivity index (χ4v) is 1.63. The lowest BCUT2D eigenvalue weighted by Gasteiger charge is -2.11. The molecule has 0 saturated heterocycles.